The van der Waals surface area contributed by atoms with Crippen LogP contribution >= 0.6 is 15.9 Å². The van der Waals surface area contributed by atoms with E-state index in [-0.39, 0.29) is 5.78 Å². The monoisotopic (exact) mass is 336 g/mol. The Bertz CT molecular complexity index is 660. The maximum atomic E-state index is 12.5. The van der Waals surface area contributed by atoms with Crippen molar-refractivity contribution in [1.29, 1.82) is 0 Å². The Morgan fingerprint density at radius 3 is 2.50 bits per heavy atom. The molecule has 104 valence electrons. The van der Waals surface area contributed by atoms with Crippen molar-refractivity contribution in [2.45, 2.75) is 13.3 Å². The van der Waals surface area contributed by atoms with Crippen molar-refractivity contribution in [2.24, 2.45) is 0 Å². The first kappa shape index (κ1) is 13.2. The number of rotatable bonds is 2. The van der Waals surface area contributed by atoms with E-state index in [0.29, 0.717) is 46.1 Å². The third kappa shape index (κ3) is 2.33. The van der Waals surface area contributed by atoms with E-state index >= 15 is 0 Å². The van der Waals surface area contributed by atoms with Crippen molar-refractivity contribution in [3.63, 3.8) is 0 Å². The Morgan fingerprint density at radius 1 is 1.15 bits per heavy atom. The Labute approximate surface area is 124 Å². The number of hydrogen-bond donors (Lipinski definition) is 0. The first-order valence-electron chi connectivity index (χ1n) is 6.35. The highest BCUT2D eigenvalue weighted by molar-refractivity contribution is 9.10. The highest BCUT2D eigenvalue weighted by Crippen LogP contribution is 2.36. The Kier molecular flexibility index (Phi) is 3.53. The van der Waals surface area contributed by atoms with Gasteiger partial charge in [-0.05, 0) is 41.1 Å². The summed E-state index contributed by atoms with van der Waals surface area (Å²) in [5.74, 6) is 1.78. The molecule has 2 aromatic rings. The van der Waals surface area contributed by atoms with Gasteiger partial charge in [-0.2, -0.15) is 0 Å². The van der Waals surface area contributed by atoms with Crippen LogP contribution in [0.2, 0.25) is 0 Å². The quantitative estimate of drug-likeness (QED) is 0.784. The van der Waals surface area contributed by atoms with E-state index in [1.165, 1.54) is 6.26 Å². The van der Waals surface area contributed by atoms with Crippen molar-refractivity contribution in [3.05, 3.63) is 45.8 Å². The fourth-order valence-corrected chi connectivity index (χ4v) is 2.63. The van der Waals surface area contributed by atoms with Gasteiger partial charge in [-0.3, -0.25) is 4.79 Å². The summed E-state index contributed by atoms with van der Waals surface area (Å²) < 4.78 is 17.1. The summed E-state index contributed by atoms with van der Waals surface area (Å²) in [5.41, 5.74) is 1.10. The van der Waals surface area contributed by atoms with Crippen LogP contribution in [-0.4, -0.2) is 19.0 Å². The zero-order chi connectivity index (χ0) is 14.1. The van der Waals surface area contributed by atoms with Gasteiger partial charge >= 0.3 is 0 Å². The number of carbonyl (C=O) groups is 1. The summed E-state index contributed by atoms with van der Waals surface area (Å²) >= 11 is 3.42. The van der Waals surface area contributed by atoms with Gasteiger partial charge in [-0.15, -0.1) is 0 Å². The second-order valence-electron chi connectivity index (χ2n) is 4.55. The van der Waals surface area contributed by atoms with E-state index in [1.54, 1.807) is 25.1 Å². The summed E-state index contributed by atoms with van der Waals surface area (Å²) in [7, 11) is 0. The van der Waals surface area contributed by atoms with Gasteiger partial charge in [0.25, 0.3) is 0 Å². The van der Waals surface area contributed by atoms with E-state index in [2.05, 4.69) is 15.9 Å². The third-order valence-corrected chi connectivity index (χ3v) is 3.84. The lowest BCUT2D eigenvalue weighted by atomic mass is 10.0. The summed E-state index contributed by atoms with van der Waals surface area (Å²) in [4.78, 5) is 12.5. The number of carbonyl (C=O) groups excluding carboxylic acids is 1. The van der Waals surface area contributed by atoms with Gasteiger partial charge in [0.2, 0.25) is 0 Å². The molecule has 2 heterocycles. The molecule has 0 saturated carbocycles. The number of ether oxygens (including phenoxy) is 2. The first-order valence-corrected chi connectivity index (χ1v) is 7.14. The van der Waals surface area contributed by atoms with Gasteiger partial charge in [0, 0.05) is 16.5 Å². The van der Waals surface area contributed by atoms with E-state index in [0.717, 1.165) is 6.42 Å². The minimum atomic E-state index is -0.0984. The van der Waals surface area contributed by atoms with Crippen molar-refractivity contribution in [3.8, 4) is 11.5 Å². The van der Waals surface area contributed by atoms with E-state index < -0.39 is 0 Å². The number of furan rings is 1. The Hall–Kier alpha value is -1.75. The van der Waals surface area contributed by atoms with Gasteiger partial charge in [0.15, 0.2) is 17.3 Å². The summed E-state index contributed by atoms with van der Waals surface area (Å²) in [6.45, 7) is 2.98. The van der Waals surface area contributed by atoms with Gasteiger partial charge in [0.1, 0.15) is 5.76 Å². The molecule has 0 N–H and O–H groups in total. The SMILES string of the molecule is Cc1occc1C(=O)c1cc2c(cc1Br)OCCCO2. The lowest BCUT2D eigenvalue weighted by molar-refractivity contribution is 0.103. The van der Waals surface area contributed by atoms with Gasteiger partial charge in [-0.1, -0.05) is 0 Å². The molecular weight excluding hydrogens is 324 g/mol. The molecule has 1 aromatic carbocycles. The van der Waals surface area contributed by atoms with Crippen LogP contribution in [0.25, 0.3) is 0 Å². The summed E-state index contributed by atoms with van der Waals surface area (Å²) in [5, 5.41) is 0. The molecule has 3 rings (SSSR count). The molecule has 0 amide bonds. The lowest BCUT2D eigenvalue weighted by Crippen LogP contribution is -2.04. The molecule has 1 aliphatic heterocycles. The molecule has 0 bridgehead atoms. The summed E-state index contributed by atoms with van der Waals surface area (Å²) in [6, 6.07) is 5.18. The number of aryl methyl sites for hydroxylation is 1. The van der Waals surface area contributed by atoms with Gasteiger partial charge in [0.05, 0.1) is 25.0 Å². The molecular formula is C15H13BrO4. The van der Waals surface area contributed by atoms with Crippen molar-refractivity contribution in [1.82, 2.24) is 0 Å². The zero-order valence-electron chi connectivity index (χ0n) is 10.9. The maximum absolute atomic E-state index is 12.5. The van der Waals surface area contributed by atoms with Gasteiger partial charge < -0.3 is 13.9 Å². The second-order valence-corrected chi connectivity index (χ2v) is 5.40. The smallest absolute Gasteiger partial charge is 0.197 e. The maximum Gasteiger partial charge on any atom is 0.197 e. The number of benzene rings is 1. The largest absolute Gasteiger partial charge is 0.490 e. The van der Waals surface area contributed by atoms with Crippen molar-refractivity contribution in [2.75, 3.05) is 13.2 Å². The van der Waals surface area contributed by atoms with E-state index in [9.17, 15) is 4.79 Å². The van der Waals surface area contributed by atoms with Crippen molar-refractivity contribution >= 4 is 21.7 Å². The fraction of sp³-hybridized carbons (Fsp3) is 0.267. The number of ketones is 1. The molecule has 0 fully saturated rings. The molecule has 0 radical (unpaired) electrons. The third-order valence-electron chi connectivity index (χ3n) is 3.19. The lowest BCUT2D eigenvalue weighted by Gasteiger charge is -2.10. The molecule has 1 aliphatic rings. The molecule has 1 aromatic heterocycles. The number of hydrogen-bond acceptors (Lipinski definition) is 4. The Morgan fingerprint density at radius 2 is 1.85 bits per heavy atom. The topological polar surface area (TPSA) is 48.7 Å². The Balaban J connectivity index is 2.04. The first-order chi connectivity index (χ1) is 9.66. The molecule has 0 unspecified atom stereocenters. The van der Waals surface area contributed by atoms with E-state index in [1.807, 2.05) is 0 Å². The number of fused-ring (bicyclic) bond motifs is 1. The van der Waals surface area contributed by atoms with Crippen LogP contribution in [0.15, 0.2) is 33.4 Å². The minimum absolute atomic E-state index is 0.0984. The van der Waals surface area contributed by atoms with E-state index in [4.69, 9.17) is 13.9 Å². The molecule has 5 heteroatoms. The van der Waals surface area contributed by atoms with Crippen LogP contribution in [-0.2, 0) is 0 Å². The minimum Gasteiger partial charge on any atom is -0.490 e. The van der Waals surface area contributed by atoms with Crippen LogP contribution in [0.3, 0.4) is 0 Å². The van der Waals surface area contributed by atoms with Crippen molar-refractivity contribution < 1.29 is 18.7 Å². The van der Waals surface area contributed by atoms with Crippen LogP contribution in [0.5, 0.6) is 11.5 Å². The molecule has 0 atom stereocenters. The molecule has 0 saturated heterocycles. The second kappa shape index (κ2) is 5.32. The average molecular weight is 337 g/mol. The zero-order valence-corrected chi connectivity index (χ0v) is 12.5. The van der Waals surface area contributed by atoms with Crippen LogP contribution < -0.4 is 9.47 Å². The summed E-state index contributed by atoms with van der Waals surface area (Å²) in [6.07, 6.45) is 2.34. The molecule has 4 nitrogen and oxygen atoms in total. The molecule has 0 spiro atoms. The number of halogens is 1. The fourth-order valence-electron chi connectivity index (χ4n) is 2.12. The van der Waals surface area contributed by atoms with Crippen LogP contribution in [0.1, 0.15) is 28.1 Å². The highest BCUT2D eigenvalue weighted by atomic mass is 79.9. The molecule has 20 heavy (non-hydrogen) atoms. The van der Waals surface area contributed by atoms with Crippen LogP contribution in [0, 0.1) is 6.92 Å². The molecule has 0 aliphatic carbocycles. The van der Waals surface area contributed by atoms with Gasteiger partial charge in [-0.25, -0.2) is 0 Å². The predicted molar refractivity (Wildman–Crippen MR) is 76.6 cm³/mol. The van der Waals surface area contributed by atoms with Crippen LogP contribution in [0.4, 0.5) is 0 Å². The predicted octanol–water partition coefficient (Wildman–Crippen LogP) is 3.74. The average Bonchev–Trinajstić information content (AvgIpc) is 2.72. The standard InChI is InChI=1S/C15H13BrO4/c1-9-10(3-6-18-9)15(17)11-7-13-14(8-12(11)16)20-5-2-4-19-13/h3,6-8H,2,4-5H2,1H3. The highest BCUT2D eigenvalue weighted by Gasteiger charge is 2.21. The normalized spacial score (nSPS) is 13.9.